The van der Waals surface area contributed by atoms with Crippen LogP contribution in [0.3, 0.4) is 0 Å². The molecule has 2 aromatic rings. The Morgan fingerprint density at radius 3 is 2.65 bits per heavy atom. The predicted molar refractivity (Wildman–Crippen MR) is 82.1 cm³/mol. The van der Waals surface area contributed by atoms with Crippen molar-refractivity contribution < 1.29 is 14.6 Å². The van der Waals surface area contributed by atoms with Crippen LogP contribution in [0.2, 0.25) is 0 Å². The fraction of sp³-hybridized carbons (Fsp3) is 0.250. The molecule has 20 heavy (non-hydrogen) atoms. The maximum Gasteiger partial charge on any atom is 0.133 e. The van der Waals surface area contributed by atoms with Crippen LogP contribution in [0, 0.1) is 0 Å². The van der Waals surface area contributed by atoms with Crippen LogP contribution < -0.4 is 9.47 Å². The second-order valence-electron chi connectivity index (χ2n) is 4.51. The van der Waals surface area contributed by atoms with Crippen LogP contribution in [0.25, 0.3) is 0 Å². The van der Waals surface area contributed by atoms with Gasteiger partial charge in [0, 0.05) is 0 Å². The quantitative estimate of drug-likeness (QED) is 0.893. The Balaban J connectivity index is 2.05. The van der Waals surface area contributed by atoms with Gasteiger partial charge in [0.15, 0.2) is 0 Å². The summed E-state index contributed by atoms with van der Waals surface area (Å²) in [5, 5.41) is 9.55. The van der Waals surface area contributed by atoms with E-state index in [1.54, 1.807) is 14.0 Å². The summed E-state index contributed by atoms with van der Waals surface area (Å²) >= 11 is 3.45. The fourth-order valence-corrected chi connectivity index (χ4v) is 2.42. The summed E-state index contributed by atoms with van der Waals surface area (Å²) in [5.74, 6) is 1.54. The Hall–Kier alpha value is -1.52. The lowest BCUT2D eigenvalue weighted by Gasteiger charge is -2.10. The van der Waals surface area contributed by atoms with Gasteiger partial charge in [-0.3, -0.25) is 0 Å². The smallest absolute Gasteiger partial charge is 0.133 e. The molecular weight excluding hydrogens is 320 g/mol. The van der Waals surface area contributed by atoms with Gasteiger partial charge < -0.3 is 14.6 Å². The molecule has 2 aromatic carbocycles. The molecule has 0 aliphatic carbocycles. The van der Waals surface area contributed by atoms with E-state index < -0.39 is 6.10 Å². The first-order chi connectivity index (χ1) is 9.60. The van der Waals surface area contributed by atoms with Gasteiger partial charge in [0.2, 0.25) is 0 Å². The zero-order valence-corrected chi connectivity index (χ0v) is 13.1. The lowest BCUT2D eigenvalue weighted by molar-refractivity contribution is 0.198. The lowest BCUT2D eigenvalue weighted by Crippen LogP contribution is -1.98. The summed E-state index contributed by atoms with van der Waals surface area (Å²) < 4.78 is 11.8. The number of hydrogen-bond donors (Lipinski definition) is 1. The first-order valence-electron chi connectivity index (χ1n) is 6.33. The van der Waals surface area contributed by atoms with Gasteiger partial charge in [0.25, 0.3) is 0 Å². The van der Waals surface area contributed by atoms with E-state index in [1.807, 2.05) is 42.5 Å². The van der Waals surface area contributed by atoms with Crippen LogP contribution in [-0.4, -0.2) is 12.2 Å². The molecule has 0 bridgehead atoms. The monoisotopic (exact) mass is 336 g/mol. The molecule has 0 unspecified atom stereocenters. The molecule has 0 saturated heterocycles. The van der Waals surface area contributed by atoms with E-state index in [1.165, 1.54) is 0 Å². The fourth-order valence-electron chi connectivity index (χ4n) is 1.83. The molecular formula is C16H17BrO3. The third-order valence-electron chi connectivity index (χ3n) is 2.96. The Kier molecular flexibility index (Phi) is 5.04. The van der Waals surface area contributed by atoms with Crippen molar-refractivity contribution in [3.63, 3.8) is 0 Å². The summed E-state index contributed by atoms with van der Waals surface area (Å²) in [7, 11) is 1.64. The molecule has 0 heterocycles. The molecule has 3 nitrogen and oxygen atoms in total. The molecule has 0 amide bonds. The molecule has 4 heteroatoms. The maximum absolute atomic E-state index is 9.55. The molecule has 0 spiro atoms. The third-order valence-corrected chi connectivity index (χ3v) is 3.58. The second kappa shape index (κ2) is 6.77. The Morgan fingerprint density at radius 1 is 1.20 bits per heavy atom. The van der Waals surface area contributed by atoms with E-state index in [-0.39, 0.29) is 0 Å². The highest BCUT2D eigenvalue weighted by Crippen LogP contribution is 2.26. The van der Waals surface area contributed by atoms with E-state index in [0.717, 1.165) is 27.1 Å². The Bertz CT molecular complexity index is 582. The molecule has 0 aromatic heterocycles. The summed E-state index contributed by atoms with van der Waals surface area (Å²) in [6.45, 7) is 2.20. The number of methoxy groups -OCH3 is 1. The molecule has 0 saturated carbocycles. The molecule has 2 rings (SSSR count). The Labute approximate surface area is 127 Å². The molecule has 1 atom stereocenters. The third kappa shape index (κ3) is 3.74. The normalized spacial score (nSPS) is 12.0. The molecule has 0 radical (unpaired) electrons. The number of aliphatic hydroxyl groups is 1. The molecule has 1 N–H and O–H groups in total. The minimum absolute atomic E-state index is 0.464. The maximum atomic E-state index is 9.55. The lowest BCUT2D eigenvalue weighted by atomic mass is 10.1. The van der Waals surface area contributed by atoms with Crippen molar-refractivity contribution in [3.05, 3.63) is 58.1 Å². The van der Waals surface area contributed by atoms with Crippen molar-refractivity contribution in [1.29, 1.82) is 0 Å². The SMILES string of the molecule is COc1ccc(COc2cccc([C@@H](C)O)c2)cc1Br. The zero-order valence-electron chi connectivity index (χ0n) is 11.5. The van der Waals surface area contributed by atoms with E-state index >= 15 is 0 Å². The van der Waals surface area contributed by atoms with E-state index in [4.69, 9.17) is 9.47 Å². The van der Waals surface area contributed by atoms with Gasteiger partial charge in [-0.2, -0.15) is 0 Å². The van der Waals surface area contributed by atoms with Crippen LogP contribution in [0.5, 0.6) is 11.5 Å². The largest absolute Gasteiger partial charge is 0.496 e. The highest BCUT2D eigenvalue weighted by atomic mass is 79.9. The van der Waals surface area contributed by atoms with Gasteiger partial charge in [-0.25, -0.2) is 0 Å². The number of aliphatic hydroxyl groups excluding tert-OH is 1. The topological polar surface area (TPSA) is 38.7 Å². The second-order valence-corrected chi connectivity index (χ2v) is 5.36. The zero-order chi connectivity index (χ0) is 14.5. The minimum Gasteiger partial charge on any atom is -0.496 e. The number of rotatable bonds is 5. The first kappa shape index (κ1) is 14.9. The molecule has 0 fully saturated rings. The number of hydrogen-bond acceptors (Lipinski definition) is 3. The van der Waals surface area contributed by atoms with Crippen molar-refractivity contribution in [3.8, 4) is 11.5 Å². The van der Waals surface area contributed by atoms with Gasteiger partial charge in [-0.1, -0.05) is 18.2 Å². The average molecular weight is 337 g/mol. The summed E-state index contributed by atoms with van der Waals surface area (Å²) in [6.07, 6.45) is -0.492. The highest BCUT2D eigenvalue weighted by Gasteiger charge is 2.04. The van der Waals surface area contributed by atoms with E-state index in [2.05, 4.69) is 15.9 Å². The van der Waals surface area contributed by atoms with Gasteiger partial charge >= 0.3 is 0 Å². The van der Waals surface area contributed by atoms with Gasteiger partial charge in [-0.15, -0.1) is 0 Å². The van der Waals surface area contributed by atoms with Crippen molar-refractivity contribution in [2.24, 2.45) is 0 Å². The van der Waals surface area contributed by atoms with Crippen molar-refractivity contribution in [2.75, 3.05) is 7.11 Å². The predicted octanol–water partition coefficient (Wildman–Crippen LogP) is 4.09. The number of halogens is 1. The summed E-state index contributed by atoms with van der Waals surface area (Å²) in [4.78, 5) is 0. The van der Waals surface area contributed by atoms with E-state index in [0.29, 0.717) is 6.61 Å². The Morgan fingerprint density at radius 2 is 2.00 bits per heavy atom. The van der Waals surface area contributed by atoms with Crippen LogP contribution in [0.1, 0.15) is 24.2 Å². The van der Waals surface area contributed by atoms with Crippen molar-refractivity contribution >= 4 is 15.9 Å². The number of benzene rings is 2. The number of ether oxygens (including phenoxy) is 2. The van der Waals surface area contributed by atoms with Crippen LogP contribution in [0.4, 0.5) is 0 Å². The van der Waals surface area contributed by atoms with Crippen molar-refractivity contribution in [1.82, 2.24) is 0 Å². The average Bonchev–Trinajstić information content (AvgIpc) is 2.45. The van der Waals surface area contributed by atoms with Crippen LogP contribution >= 0.6 is 15.9 Å². The molecule has 0 aliphatic heterocycles. The highest BCUT2D eigenvalue weighted by molar-refractivity contribution is 9.10. The van der Waals surface area contributed by atoms with Crippen LogP contribution in [-0.2, 0) is 6.61 Å². The van der Waals surface area contributed by atoms with Gasteiger partial charge in [0.05, 0.1) is 17.7 Å². The standard InChI is InChI=1S/C16H17BrO3/c1-11(18)13-4-3-5-14(9-13)20-10-12-6-7-16(19-2)15(17)8-12/h3-9,11,18H,10H2,1-2H3/t11-/m1/s1. The van der Waals surface area contributed by atoms with E-state index in [9.17, 15) is 5.11 Å². The minimum atomic E-state index is -0.492. The molecule has 106 valence electrons. The van der Waals surface area contributed by atoms with Gasteiger partial charge in [0.1, 0.15) is 18.1 Å². The first-order valence-corrected chi connectivity index (χ1v) is 7.12. The summed E-state index contributed by atoms with van der Waals surface area (Å²) in [5.41, 5.74) is 1.89. The summed E-state index contributed by atoms with van der Waals surface area (Å²) in [6, 6.07) is 13.3. The molecule has 0 aliphatic rings. The van der Waals surface area contributed by atoms with Crippen molar-refractivity contribution in [2.45, 2.75) is 19.6 Å². The van der Waals surface area contributed by atoms with Crippen LogP contribution in [0.15, 0.2) is 46.9 Å². The van der Waals surface area contributed by atoms with Gasteiger partial charge in [-0.05, 0) is 58.2 Å².